The van der Waals surface area contributed by atoms with Crippen molar-refractivity contribution in [2.45, 2.75) is 45.4 Å². The van der Waals surface area contributed by atoms with Crippen LogP contribution < -0.4 is 4.90 Å². The Hall–Kier alpha value is -6.06. The molecule has 1 aliphatic carbocycles. The number of benzene rings is 7. The second-order valence-corrected chi connectivity index (χ2v) is 15.8. The van der Waals surface area contributed by atoms with Gasteiger partial charge in [-0.05, 0) is 76.2 Å². The first-order valence-corrected chi connectivity index (χ1v) is 18.3. The lowest BCUT2D eigenvalue weighted by Gasteiger charge is -2.27. The average molecular weight is 673 g/mol. The molecule has 0 aliphatic heterocycles. The summed E-state index contributed by atoms with van der Waals surface area (Å²) in [7, 11) is 0. The Morgan fingerprint density at radius 2 is 1.15 bits per heavy atom. The summed E-state index contributed by atoms with van der Waals surface area (Å²) >= 11 is 0. The highest BCUT2D eigenvalue weighted by molar-refractivity contribution is 6.19. The molecule has 52 heavy (non-hydrogen) atoms. The van der Waals surface area contributed by atoms with Gasteiger partial charge in [0.05, 0.1) is 27.8 Å². The van der Waals surface area contributed by atoms with Gasteiger partial charge in [0.25, 0.3) is 0 Å². The van der Waals surface area contributed by atoms with Crippen molar-refractivity contribution in [1.29, 1.82) is 0 Å². The average Bonchev–Trinajstić information content (AvgIpc) is 3.78. The monoisotopic (exact) mass is 672 g/mol. The number of nitrogens with zero attached hydrogens (tertiary/aromatic N) is 2. The summed E-state index contributed by atoms with van der Waals surface area (Å²) in [6.45, 7) is 11.5. The van der Waals surface area contributed by atoms with Crippen molar-refractivity contribution in [2.75, 3.05) is 4.90 Å². The second kappa shape index (κ2) is 11.0. The number of hydrogen-bond donors (Lipinski definition) is 0. The van der Waals surface area contributed by atoms with Crippen LogP contribution in [0.1, 0.15) is 51.3 Å². The van der Waals surface area contributed by atoms with Crippen LogP contribution in [0.3, 0.4) is 0 Å². The number of furan rings is 1. The van der Waals surface area contributed by atoms with Crippen LogP contribution in [0.5, 0.6) is 0 Å². The molecule has 0 saturated heterocycles. The van der Waals surface area contributed by atoms with E-state index in [1.165, 1.54) is 49.6 Å². The van der Waals surface area contributed by atoms with Crippen molar-refractivity contribution < 1.29 is 4.42 Å². The van der Waals surface area contributed by atoms with Gasteiger partial charge in [0, 0.05) is 38.5 Å². The van der Waals surface area contributed by atoms with Crippen molar-refractivity contribution in [1.82, 2.24) is 4.57 Å². The van der Waals surface area contributed by atoms with Crippen LogP contribution in [-0.4, -0.2) is 4.57 Å². The molecule has 9 aromatic rings. The zero-order chi connectivity index (χ0) is 35.4. The maximum atomic E-state index is 7.40. The molecular formula is C49H40N2O. The Balaban J connectivity index is 1.34. The molecular weight excluding hydrogens is 633 g/mol. The Labute approximate surface area is 304 Å². The van der Waals surface area contributed by atoms with E-state index < -0.39 is 0 Å². The molecule has 2 aromatic heterocycles. The van der Waals surface area contributed by atoms with E-state index >= 15 is 0 Å². The van der Waals surface area contributed by atoms with Gasteiger partial charge in [-0.1, -0.05) is 138 Å². The molecule has 0 spiro atoms. The van der Waals surface area contributed by atoms with E-state index in [4.69, 9.17) is 4.42 Å². The predicted octanol–water partition coefficient (Wildman–Crippen LogP) is 13.8. The molecule has 252 valence electrons. The molecule has 3 heteroatoms. The van der Waals surface area contributed by atoms with E-state index in [9.17, 15) is 0 Å². The molecule has 0 N–H and O–H groups in total. The van der Waals surface area contributed by atoms with Crippen LogP contribution in [0, 0.1) is 0 Å². The molecule has 3 nitrogen and oxygen atoms in total. The van der Waals surface area contributed by atoms with Gasteiger partial charge < -0.3 is 13.9 Å². The summed E-state index contributed by atoms with van der Waals surface area (Å²) in [5, 5.41) is 4.73. The summed E-state index contributed by atoms with van der Waals surface area (Å²) in [5.41, 5.74) is 14.7. The largest absolute Gasteiger partial charge is 0.453 e. The SMILES string of the molecule is CC(C)(C)c1ccc(N(c2ccccc2)c2cccc3c2oc2c4c(cc(-n5c6ccccc6c6ccccc65)c23)-c2ccccc2C4(C)C)cc1. The van der Waals surface area contributed by atoms with Crippen LogP contribution >= 0.6 is 0 Å². The number of hydrogen-bond acceptors (Lipinski definition) is 2. The molecule has 7 aromatic carbocycles. The van der Waals surface area contributed by atoms with Crippen molar-refractivity contribution in [3.8, 4) is 16.8 Å². The third-order valence-electron chi connectivity index (χ3n) is 11.3. The summed E-state index contributed by atoms with van der Waals surface area (Å²) in [4.78, 5) is 2.34. The van der Waals surface area contributed by atoms with Crippen molar-refractivity contribution in [3.05, 3.63) is 168 Å². The van der Waals surface area contributed by atoms with E-state index in [0.29, 0.717) is 0 Å². The minimum absolute atomic E-state index is 0.0584. The van der Waals surface area contributed by atoms with Gasteiger partial charge in [0.2, 0.25) is 0 Å². The van der Waals surface area contributed by atoms with E-state index in [1.54, 1.807) is 0 Å². The number of aromatic nitrogens is 1. The number of anilines is 3. The first-order chi connectivity index (χ1) is 25.2. The minimum atomic E-state index is -0.251. The molecule has 0 atom stereocenters. The normalized spacial score (nSPS) is 13.6. The maximum absolute atomic E-state index is 7.40. The number of para-hydroxylation sites is 4. The van der Waals surface area contributed by atoms with Crippen molar-refractivity contribution >= 4 is 60.8 Å². The topological polar surface area (TPSA) is 21.3 Å². The van der Waals surface area contributed by atoms with Gasteiger partial charge in [-0.15, -0.1) is 0 Å². The van der Waals surface area contributed by atoms with Crippen molar-refractivity contribution in [2.24, 2.45) is 0 Å². The summed E-state index contributed by atoms with van der Waals surface area (Å²) in [5.74, 6) is 0. The first kappa shape index (κ1) is 30.7. The summed E-state index contributed by atoms with van der Waals surface area (Å²) < 4.78 is 9.86. The Kier molecular flexibility index (Phi) is 6.48. The molecule has 0 unspecified atom stereocenters. The Morgan fingerprint density at radius 1 is 0.558 bits per heavy atom. The van der Waals surface area contributed by atoms with E-state index in [2.05, 4.69) is 196 Å². The fraction of sp³-hybridized carbons (Fsp3) is 0.143. The van der Waals surface area contributed by atoms with E-state index in [-0.39, 0.29) is 10.8 Å². The molecule has 1 aliphatic rings. The lowest BCUT2D eigenvalue weighted by atomic mass is 9.81. The summed E-state index contributed by atoms with van der Waals surface area (Å²) in [6, 6.07) is 55.2. The standard InChI is InChI=1S/C49H40N2O/c1-48(2,3)31-26-28-33(29-27-31)50(32-16-7-6-8-17-32)42-25-15-21-37-44-43(51-40-23-13-10-19-35(40)36-20-11-14-24-41(36)51)30-38-34-18-9-12-22-39(34)49(4,5)45(38)47(44)52-46(37)42/h6-30H,1-5H3. The minimum Gasteiger partial charge on any atom is -0.453 e. The van der Waals surface area contributed by atoms with E-state index in [1.807, 2.05) is 0 Å². The molecule has 0 fully saturated rings. The number of fused-ring (bicyclic) bond motifs is 10. The zero-order valence-electron chi connectivity index (χ0n) is 30.2. The van der Waals surface area contributed by atoms with Crippen LogP contribution in [0.15, 0.2) is 156 Å². The fourth-order valence-corrected chi connectivity index (χ4v) is 8.82. The lowest BCUT2D eigenvalue weighted by Crippen LogP contribution is -2.15. The highest BCUT2D eigenvalue weighted by Gasteiger charge is 2.40. The maximum Gasteiger partial charge on any atom is 0.159 e. The lowest BCUT2D eigenvalue weighted by molar-refractivity contribution is 0.590. The molecule has 10 rings (SSSR count). The van der Waals surface area contributed by atoms with Gasteiger partial charge in [-0.3, -0.25) is 0 Å². The van der Waals surface area contributed by atoms with Gasteiger partial charge in [0.1, 0.15) is 5.58 Å². The molecule has 0 saturated carbocycles. The van der Waals surface area contributed by atoms with E-state index in [0.717, 1.165) is 44.7 Å². The van der Waals surface area contributed by atoms with Crippen LogP contribution in [0.2, 0.25) is 0 Å². The highest BCUT2D eigenvalue weighted by Crippen LogP contribution is 2.55. The van der Waals surface area contributed by atoms with Crippen molar-refractivity contribution in [3.63, 3.8) is 0 Å². The van der Waals surface area contributed by atoms with Crippen LogP contribution in [0.25, 0.3) is 60.6 Å². The zero-order valence-corrected chi connectivity index (χ0v) is 30.2. The fourth-order valence-electron chi connectivity index (χ4n) is 8.82. The van der Waals surface area contributed by atoms with Gasteiger partial charge in [-0.2, -0.15) is 0 Å². The molecule has 2 heterocycles. The van der Waals surface area contributed by atoms with Crippen LogP contribution in [0.4, 0.5) is 17.1 Å². The summed E-state index contributed by atoms with van der Waals surface area (Å²) in [6.07, 6.45) is 0. The van der Waals surface area contributed by atoms with Gasteiger partial charge >= 0.3 is 0 Å². The smallest absolute Gasteiger partial charge is 0.159 e. The van der Waals surface area contributed by atoms with Crippen LogP contribution in [-0.2, 0) is 10.8 Å². The quantitative estimate of drug-likeness (QED) is 0.186. The molecule has 0 radical (unpaired) electrons. The first-order valence-electron chi connectivity index (χ1n) is 18.3. The van der Waals surface area contributed by atoms with Gasteiger partial charge in [-0.25, -0.2) is 0 Å². The second-order valence-electron chi connectivity index (χ2n) is 15.8. The van der Waals surface area contributed by atoms with Gasteiger partial charge in [0.15, 0.2) is 5.58 Å². The Morgan fingerprint density at radius 3 is 1.85 bits per heavy atom. The Bertz CT molecular complexity index is 2790. The third kappa shape index (κ3) is 4.32. The predicted molar refractivity (Wildman–Crippen MR) is 219 cm³/mol. The molecule has 0 amide bonds. The third-order valence-corrected chi connectivity index (χ3v) is 11.3. The highest BCUT2D eigenvalue weighted by atomic mass is 16.3. The molecule has 0 bridgehead atoms. The number of rotatable bonds is 4.